The first-order chi connectivity index (χ1) is 8.06. The van der Waals surface area contributed by atoms with Gasteiger partial charge in [0, 0.05) is 12.8 Å². The highest BCUT2D eigenvalue weighted by molar-refractivity contribution is 5.70. The van der Waals surface area contributed by atoms with Crippen molar-refractivity contribution in [2.75, 3.05) is 0 Å². The predicted octanol–water partition coefficient (Wildman–Crippen LogP) is 3.04. The van der Waals surface area contributed by atoms with Crippen LogP contribution in [0.1, 0.15) is 46.0 Å². The third kappa shape index (κ3) is 10.7. The fourth-order valence-corrected chi connectivity index (χ4v) is 1.15. The molecule has 0 aliphatic carbocycles. The fraction of sp³-hybridized carbons (Fsp3) is 0.538. The molecule has 0 radical (unpaired) electrons. The lowest BCUT2D eigenvalue weighted by molar-refractivity contribution is -0.140. The largest absolute Gasteiger partial charge is 0.481 e. The van der Waals surface area contributed by atoms with Crippen LogP contribution in [0.4, 0.5) is 0 Å². The molecule has 0 atom stereocenters. The van der Waals surface area contributed by atoms with E-state index in [2.05, 4.69) is 0 Å². The van der Waals surface area contributed by atoms with Gasteiger partial charge in [0.1, 0.15) is 5.76 Å². The van der Waals surface area contributed by atoms with Gasteiger partial charge in [-0.05, 0) is 32.3 Å². The Morgan fingerprint density at radius 1 is 1.24 bits per heavy atom. The number of hydrogen-bond donors (Lipinski definition) is 1. The Bertz CT molecular complexity index is 303. The van der Waals surface area contributed by atoms with Gasteiger partial charge in [-0.25, -0.2) is 0 Å². The maximum Gasteiger partial charge on any atom is 0.310 e. The van der Waals surface area contributed by atoms with Crippen LogP contribution in [0.15, 0.2) is 24.0 Å². The van der Waals surface area contributed by atoms with Crippen molar-refractivity contribution in [3.63, 3.8) is 0 Å². The Labute approximate surface area is 102 Å². The van der Waals surface area contributed by atoms with E-state index in [1.54, 1.807) is 13.0 Å². The molecule has 0 spiro atoms. The molecule has 0 aromatic rings. The molecule has 4 nitrogen and oxygen atoms in total. The van der Waals surface area contributed by atoms with E-state index in [0.29, 0.717) is 18.6 Å². The van der Waals surface area contributed by atoms with E-state index >= 15 is 0 Å². The number of carboxylic acid groups (broad SMARTS) is 1. The molecule has 0 fully saturated rings. The molecule has 0 bridgehead atoms. The van der Waals surface area contributed by atoms with Crippen LogP contribution in [-0.2, 0) is 14.3 Å². The first kappa shape index (κ1) is 15.4. The van der Waals surface area contributed by atoms with Gasteiger partial charge in [-0.1, -0.05) is 19.1 Å². The van der Waals surface area contributed by atoms with E-state index in [1.165, 1.54) is 0 Å². The number of carboxylic acids is 1. The molecule has 0 aliphatic heterocycles. The first-order valence-electron chi connectivity index (χ1n) is 5.82. The van der Waals surface area contributed by atoms with Crippen molar-refractivity contribution < 1.29 is 19.4 Å². The lowest BCUT2D eigenvalue weighted by atomic mass is 10.2. The van der Waals surface area contributed by atoms with Crippen LogP contribution >= 0.6 is 0 Å². The van der Waals surface area contributed by atoms with Crippen LogP contribution in [0.2, 0.25) is 0 Å². The summed E-state index contributed by atoms with van der Waals surface area (Å²) in [6.07, 6.45) is 7.88. The van der Waals surface area contributed by atoms with Crippen LogP contribution < -0.4 is 0 Å². The van der Waals surface area contributed by atoms with Gasteiger partial charge < -0.3 is 9.84 Å². The second-order valence-corrected chi connectivity index (χ2v) is 3.69. The third-order valence-electron chi connectivity index (χ3n) is 2.00. The first-order valence-corrected chi connectivity index (χ1v) is 5.82. The molecule has 0 aromatic carbocycles. The van der Waals surface area contributed by atoms with Gasteiger partial charge in [0.05, 0.1) is 0 Å². The summed E-state index contributed by atoms with van der Waals surface area (Å²) in [5.74, 6) is -0.592. The van der Waals surface area contributed by atoms with Crippen LogP contribution in [0.5, 0.6) is 0 Å². The third-order valence-corrected chi connectivity index (χ3v) is 2.00. The van der Waals surface area contributed by atoms with E-state index in [1.807, 2.05) is 19.1 Å². The topological polar surface area (TPSA) is 63.6 Å². The van der Waals surface area contributed by atoms with Crippen molar-refractivity contribution in [3.8, 4) is 0 Å². The molecule has 0 aliphatic rings. The number of aliphatic carboxylic acids is 1. The molecule has 17 heavy (non-hydrogen) atoms. The van der Waals surface area contributed by atoms with Gasteiger partial charge in [0.25, 0.3) is 0 Å². The maximum absolute atomic E-state index is 11.3. The van der Waals surface area contributed by atoms with E-state index < -0.39 is 5.97 Å². The Morgan fingerprint density at radius 3 is 2.47 bits per heavy atom. The number of ether oxygens (including phenoxy) is 1. The lowest BCUT2D eigenvalue weighted by Crippen LogP contribution is -2.03. The number of esters is 1. The number of unbranched alkanes of at least 4 members (excludes halogenated alkanes) is 1. The van der Waals surface area contributed by atoms with Gasteiger partial charge in [0.2, 0.25) is 0 Å². The number of hydrogen-bond acceptors (Lipinski definition) is 3. The molecule has 0 aromatic heterocycles. The summed E-state index contributed by atoms with van der Waals surface area (Å²) >= 11 is 0. The summed E-state index contributed by atoms with van der Waals surface area (Å²) in [7, 11) is 0. The Morgan fingerprint density at radius 2 is 1.88 bits per heavy atom. The smallest absolute Gasteiger partial charge is 0.310 e. The van der Waals surface area contributed by atoms with Crippen molar-refractivity contribution in [3.05, 3.63) is 24.0 Å². The number of carbonyl (C=O) groups is 2. The number of allylic oxidation sites excluding steroid dienone is 4. The quantitative estimate of drug-likeness (QED) is 0.306. The van der Waals surface area contributed by atoms with Crippen molar-refractivity contribution >= 4 is 11.9 Å². The molecule has 0 amide bonds. The highest BCUT2D eigenvalue weighted by atomic mass is 16.5. The summed E-state index contributed by atoms with van der Waals surface area (Å²) in [5, 5.41) is 8.41. The second-order valence-electron chi connectivity index (χ2n) is 3.69. The summed E-state index contributed by atoms with van der Waals surface area (Å²) in [6.45, 7) is 3.74. The van der Waals surface area contributed by atoms with Crippen LogP contribution in [0.25, 0.3) is 0 Å². The van der Waals surface area contributed by atoms with Crippen molar-refractivity contribution in [1.82, 2.24) is 0 Å². The molecule has 0 saturated heterocycles. The molecule has 0 heterocycles. The minimum absolute atomic E-state index is 0.0986. The summed E-state index contributed by atoms with van der Waals surface area (Å²) < 4.78 is 5.03. The van der Waals surface area contributed by atoms with E-state index in [9.17, 15) is 9.59 Å². The van der Waals surface area contributed by atoms with Crippen molar-refractivity contribution in [2.45, 2.75) is 46.0 Å². The molecule has 96 valence electrons. The average Bonchev–Trinajstić information content (AvgIpc) is 2.24. The lowest BCUT2D eigenvalue weighted by Gasteiger charge is -2.03. The zero-order valence-electron chi connectivity index (χ0n) is 10.4. The van der Waals surface area contributed by atoms with Gasteiger partial charge in [0.15, 0.2) is 0 Å². The highest BCUT2D eigenvalue weighted by Crippen LogP contribution is 2.05. The van der Waals surface area contributed by atoms with Gasteiger partial charge >= 0.3 is 11.9 Å². The summed E-state index contributed by atoms with van der Waals surface area (Å²) in [6, 6.07) is 0. The summed E-state index contributed by atoms with van der Waals surface area (Å²) in [5.41, 5.74) is 0. The average molecular weight is 240 g/mol. The maximum atomic E-state index is 11.3. The van der Waals surface area contributed by atoms with Crippen LogP contribution in [-0.4, -0.2) is 17.0 Å². The van der Waals surface area contributed by atoms with E-state index in [-0.39, 0.29) is 18.8 Å². The number of carbonyl (C=O) groups excluding carboxylic acids is 1. The minimum Gasteiger partial charge on any atom is -0.481 e. The Balaban J connectivity index is 3.74. The van der Waals surface area contributed by atoms with Crippen molar-refractivity contribution in [2.24, 2.45) is 0 Å². The zero-order valence-corrected chi connectivity index (χ0v) is 10.4. The van der Waals surface area contributed by atoms with E-state index in [0.717, 1.165) is 6.42 Å². The SMILES string of the molecule is CCC=CC=C(C)OC(=O)CCCCC(=O)O. The summed E-state index contributed by atoms with van der Waals surface area (Å²) in [4.78, 5) is 21.5. The highest BCUT2D eigenvalue weighted by Gasteiger charge is 2.04. The fourth-order valence-electron chi connectivity index (χ4n) is 1.15. The molecular formula is C13H20O4. The standard InChI is InChI=1S/C13H20O4/c1-3-4-5-8-11(2)17-13(16)10-7-6-9-12(14)15/h4-5,8H,3,6-7,9-10H2,1-2H3,(H,14,15). The number of rotatable bonds is 8. The molecule has 0 saturated carbocycles. The predicted molar refractivity (Wildman–Crippen MR) is 65.4 cm³/mol. The van der Waals surface area contributed by atoms with E-state index in [4.69, 9.17) is 9.84 Å². The minimum atomic E-state index is -0.834. The molecule has 0 unspecified atom stereocenters. The van der Waals surface area contributed by atoms with Gasteiger partial charge in [-0.3, -0.25) is 9.59 Å². The van der Waals surface area contributed by atoms with Crippen LogP contribution in [0.3, 0.4) is 0 Å². The monoisotopic (exact) mass is 240 g/mol. The molecule has 1 N–H and O–H groups in total. The Kier molecular flexibility index (Phi) is 8.74. The Hall–Kier alpha value is -1.58. The van der Waals surface area contributed by atoms with Gasteiger partial charge in [-0.15, -0.1) is 0 Å². The van der Waals surface area contributed by atoms with Gasteiger partial charge in [-0.2, -0.15) is 0 Å². The van der Waals surface area contributed by atoms with Crippen molar-refractivity contribution in [1.29, 1.82) is 0 Å². The molecule has 0 rings (SSSR count). The second kappa shape index (κ2) is 9.63. The molecular weight excluding hydrogens is 220 g/mol. The zero-order chi connectivity index (χ0) is 13.1. The van der Waals surface area contributed by atoms with Crippen LogP contribution in [0, 0.1) is 0 Å². The normalized spacial score (nSPS) is 11.8. The molecule has 4 heteroatoms.